The Morgan fingerprint density at radius 1 is 0.900 bits per heavy atom. The smallest absolute Gasteiger partial charge is 0.194 e. The molecule has 0 bridgehead atoms. The molecule has 0 saturated heterocycles. The van der Waals surface area contributed by atoms with Gasteiger partial charge in [-0.1, -0.05) is 12.1 Å². The number of rotatable bonds is 3. The van der Waals surface area contributed by atoms with E-state index in [1.807, 2.05) is 0 Å². The minimum atomic E-state index is -1.53. The third-order valence-corrected chi connectivity index (χ3v) is 3.22. The van der Waals surface area contributed by atoms with Gasteiger partial charge in [-0.2, -0.15) is 0 Å². The highest BCUT2D eigenvalue weighted by Gasteiger charge is 2.22. The lowest BCUT2D eigenvalue weighted by molar-refractivity contribution is 0.434. The summed E-state index contributed by atoms with van der Waals surface area (Å²) in [6.07, 6.45) is 0. The summed E-state index contributed by atoms with van der Waals surface area (Å²) in [6, 6.07) is 5.32. The minimum absolute atomic E-state index is 0.0694. The van der Waals surface area contributed by atoms with Crippen molar-refractivity contribution in [1.29, 1.82) is 0 Å². The van der Waals surface area contributed by atoms with E-state index in [0.717, 1.165) is 17.7 Å². The van der Waals surface area contributed by atoms with E-state index in [2.05, 4.69) is 5.32 Å². The minimum Gasteiger partial charge on any atom is -0.309 e. The number of nitrogens with one attached hydrogen (secondary N) is 1. The van der Waals surface area contributed by atoms with Crippen molar-refractivity contribution in [2.75, 3.05) is 7.05 Å². The molecular formula is C15H13F4N. The van der Waals surface area contributed by atoms with Gasteiger partial charge in [0.05, 0.1) is 6.04 Å². The zero-order valence-electron chi connectivity index (χ0n) is 11.0. The highest BCUT2D eigenvalue weighted by atomic mass is 19.2. The summed E-state index contributed by atoms with van der Waals surface area (Å²) >= 11 is 0. The Balaban J connectivity index is 2.58. The molecule has 0 aliphatic heterocycles. The largest absolute Gasteiger partial charge is 0.309 e. The van der Waals surface area contributed by atoms with E-state index < -0.39 is 29.3 Å². The van der Waals surface area contributed by atoms with Crippen LogP contribution in [-0.4, -0.2) is 7.05 Å². The van der Waals surface area contributed by atoms with Crippen LogP contribution in [0.5, 0.6) is 0 Å². The molecule has 0 aliphatic carbocycles. The lowest BCUT2D eigenvalue weighted by Crippen LogP contribution is -2.21. The first-order valence-electron chi connectivity index (χ1n) is 6.02. The summed E-state index contributed by atoms with van der Waals surface area (Å²) < 4.78 is 53.5. The second-order valence-corrected chi connectivity index (χ2v) is 4.49. The van der Waals surface area contributed by atoms with Gasteiger partial charge in [-0.25, -0.2) is 17.6 Å². The molecule has 0 fully saturated rings. The molecule has 0 radical (unpaired) electrons. The van der Waals surface area contributed by atoms with Crippen LogP contribution in [0.4, 0.5) is 17.6 Å². The van der Waals surface area contributed by atoms with Crippen molar-refractivity contribution >= 4 is 0 Å². The van der Waals surface area contributed by atoms with Crippen molar-refractivity contribution in [2.24, 2.45) is 0 Å². The zero-order valence-corrected chi connectivity index (χ0v) is 11.0. The van der Waals surface area contributed by atoms with Crippen LogP contribution in [0.25, 0.3) is 0 Å². The van der Waals surface area contributed by atoms with Crippen LogP contribution in [0.2, 0.25) is 0 Å². The molecule has 2 aromatic rings. The van der Waals surface area contributed by atoms with Crippen LogP contribution in [0.15, 0.2) is 30.3 Å². The molecular weight excluding hydrogens is 270 g/mol. The van der Waals surface area contributed by atoms with E-state index in [1.54, 1.807) is 13.0 Å². The lowest BCUT2D eigenvalue weighted by Gasteiger charge is -2.20. The number of hydrogen-bond acceptors (Lipinski definition) is 1. The second kappa shape index (κ2) is 5.63. The quantitative estimate of drug-likeness (QED) is 0.666. The first kappa shape index (κ1) is 14.5. The van der Waals surface area contributed by atoms with Gasteiger partial charge in [0.1, 0.15) is 5.82 Å². The summed E-state index contributed by atoms with van der Waals surface area (Å²) in [6.45, 7) is 1.73. The fourth-order valence-corrected chi connectivity index (χ4v) is 2.16. The number of hydrogen-bond donors (Lipinski definition) is 1. The number of aryl methyl sites for hydroxylation is 1. The predicted octanol–water partition coefficient (Wildman–Crippen LogP) is 3.86. The van der Waals surface area contributed by atoms with Gasteiger partial charge in [0, 0.05) is 5.56 Å². The number of benzene rings is 2. The molecule has 0 saturated carbocycles. The van der Waals surface area contributed by atoms with Crippen LogP contribution in [0.1, 0.15) is 22.7 Å². The van der Waals surface area contributed by atoms with E-state index in [4.69, 9.17) is 0 Å². The van der Waals surface area contributed by atoms with Crippen molar-refractivity contribution in [3.05, 3.63) is 70.3 Å². The highest BCUT2D eigenvalue weighted by molar-refractivity contribution is 5.38. The molecule has 1 N–H and O–H groups in total. The summed E-state index contributed by atoms with van der Waals surface area (Å²) in [5.41, 5.74) is 1.12. The van der Waals surface area contributed by atoms with Crippen molar-refractivity contribution in [1.82, 2.24) is 5.32 Å². The van der Waals surface area contributed by atoms with Crippen LogP contribution < -0.4 is 5.32 Å². The Bertz CT molecular complexity index is 640. The lowest BCUT2D eigenvalue weighted by atomic mass is 9.94. The monoisotopic (exact) mass is 283 g/mol. The van der Waals surface area contributed by atoms with Crippen molar-refractivity contribution in [3.63, 3.8) is 0 Å². The molecule has 20 heavy (non-hydrogen) atoms. The third-order valence-electron chi connectivity index (χ3n) is 3.22. The van der Waals surface area contributed by atoms with Gasteiger partial charge in [0.25, 0.3) is 0 Å². The summed E-state index contributed by atoms with van der Waals surface area (Å²) in [7, 11) is 1.54. The van der Waals surface area contributed by atoms with Gasteiger partial charge in [0.2, 0.25) is 0 Å². The average molecular weight is 283 g/mol. The highest BCUT2D eigenvalue weighted by Crippen LogP contribution is 2.29. The molecule has 1 atom stereocenters. The maximum atomic E-state index is 13.9. The summed E-state index contributed by atoms with van der Waals surface area (Å²) in [5, 5.41) is 2.79. The van der Waals surface area contributed by atoms with Crippen molar-refractivity contribution in [2.45, 2.75) is 13.0 Å². The first-order valence-corrected chi connectivity index (χ1v) is 6.02. The van der Waals surface area contributed by atoms with Crippen LogP contribution in [0, 0.1) is 30.2 Å². The predicted molar refractivity (Wildman–Crippen MR) is 68.4 cm³/mol. The molecule has 106 valence electrons. The standard InChI is InChI=1S/C15H13F4N/c1-8-3-4-9(16)7-11(8)15(20-2)10-5-6-12(17)14(19)13(10)18/h3-7,15,20H,1-2H3. The summed E-state index contributed by atoms with van der Waals surface area (Å²) in [4.78, 5) is 0. The zero-order chi connectivity index (χ0) is 14.9. The molecule has 0 aromatic heterocycles. The molecule has 0 aliphatic rings. The molecule has 0 spiro atoms. The van der Waals surface area contributed by atoms with Crippen LogP contribution in [0.3, 0.4) is 0 Å². The summed E-state index contributed by atoms with van der Waals surface area (Å²) in [5.74, 6) is -4.53. The van der Waals surface area contributed by atoms with Gasteiger partial charge in [0.15, 0.2) is 17.5 Å². The Hall–Kier alpha value is -1.88. The van der Waals surface area contributed by atoms with Crippen molar-refractivity contribution < 1.29 is 17.6 Å². The fourth-order valence-electron chi connectivity index (χ4n) is 2.16. The molecule has 2 aromatic carbocycles. The maximum absolute atomic E-state index is 13.9. The number of halogens is 4. The van der Waals surface area contributed by atoms with Crippen LogP contribution >= 0.6 is 0 Å². The van der Waals surface area contributed by atoms with E-state index in [-0.39, 0.29) is 5.56 Å². The molecule has 5 heteroatoms. The van der Waals surface area contributed by atoms with Crippen LogP contribution in [-0.2, 0) is 0 Å². The fraction of sp³-hybridized carbons (Fsp3) is 0.200. The van der Waals surface area contributed by atoms with E-state index in [9.17, 15) is 17.6 Å². The van der Waals surface area contributed by atoms with Gasteiger partial charge in [-0.15, -0.1) is 0 Å². The molecule has 0 amide bonds. The molecule has 2 rings (SSSR count). The molecule has 1 unspecified atom stereocenters. The van der Waals surface area contributed by atoms with Gasteiger partial charge in [-0.05, 0) is 43.3 Å². The van der Waals surface area contributed by atoms with Gasteiger partial charge < -0.3 is 5.32 Å². The first-order chi connectivity index (χ1) is 9.45. The Morgan fingerprint density at radius 2 is 1.60 bits per heavy atom. The van der Waals surface area contributed by atoms with Gasteiger partial charge >= 0.3 is 0 Å². The van der Waals surface area contributed by atoms with E-state index in [0.29, 0.717) is 5.56 Å². The maximum Gasteiger partial charge on any atom is 0.194 e. The topological polar surface area (TPSA) is 12.0 Å². The molecule has 1 nitrogen and oxygen atoms in total. The SMILES string of the molecule is CNC(c1cc(F)ccc1C)c1ccc(F)c(F)c1F. The third kappa shape index (κ3) is 2.54. The normalized spacial score (nSPS) is 12.5. The molecule has 0 heterocycles. The van der Waals surface area contributed by atoms with Crippen molar-refractivity contribution in [3.8, 4) is 0 Å². The Labute approximate surface area is 114 Å². The second-order valence-electron chi connectivity index (χ2n) is 4.49. The van der Waals surface area contributed by atoms with Gasteiger partial charge in [-0.3, -0.25) is 0 Å². The van der Waals surface area contributed by atoms with E-state index >= 15 is 0 Å². The Kier molecular flexibility index (Phi) is 4.09. The average Bonchev–Trinajstić information content (AvgIpc) is 2.43. The Morgan fingerprint density at radius 3 is 2.25 bits per heavy atom. The van der Waals surface area contributed by atoms with E-state index in [1.165, 1.54) is 19.2 Å².